The van der Waals surface area contributed by atoms with Crippen LogP contribution in [0.15, 0.2) is 46.9 Å². The summed E-state index contributed by atoms with van der Waals surface area (Å²) in [4.78, 5) is 12.8. The maximum Gasteiger partial charge on any atom is 0.335 e. The van der Waals surface area contributed by atoms with Gasteiger partial charge in [0.15, 0.2) is 0 Å². The first-order valence-corrected chi connectivity index (χ1v) is 6.59. The van der Waals surface area contributed by atoms with Crippen molar-refractivity contribution in [2.24, 2.45) is 0 Å². The lowest BCUT2D eigenvalue weighted by Gasteiger charge is -2.22. The molecule has 0 fully saturated rings. The summed E-state index contributed by atoms with van der Waals surface area (Å²) in [5.41, 5.74) is 2.32. The number of aromatic carboxylic acids is 1. The summed E-state index contributed by atoms with van der Waals surface area (Å²) in [6.07, 6.45) is 0. The van der Waals surface area contributed by atoms with Crippen LogP contribution in [0.5, 0.6) is 0 Å². The Hall–Kier alpha value is -2.32. The number of carboxylic acid groups (broad SMARTS) is 1. The van der Waals surface area contributed by atoms with E-state index in [0.29, 0.717) is 10.0 Å². The number of benzene rings is 2. The van der Waals surface area contributed by atoms with Gasteiger partial charge in [-0.15, -0.1) is 0 Å². The second kappa shape index (κ2) is 5.76. The van der Waals surface area contributed by atoms with Gasteiger partial charge in [-0.2, -0.15) is 5.26 Å². The first-order chi connectivity index (χ1) is 9.54. The standard InChI is InChI=1S/C15H11BrN2O2/c1-18(13-5-3-2-4-11(13)9-17)14-7-6-10(15(19)20)8-12(14)16/h2-8H,1H3,(H,19,20). The smallest absolute Gasteiger partial charge is 0.335 e. The Labute approximate surface area is 125 Å². The number of carboxylic acids is 1. The Balaban J connectivity index is 2.46. The fourth-order valence-corrected chi connectivity index (χ4v) is 2.55. The summed E-state index contributed by atoms with van der Waals surface area (Å²) in [5, 5.41) is 18.1. The number of halogens is 1. The molecule has 2 aromatic carbocycles. The third-order valence-electron chi connectivity index (χ3n) is 2.94. The molecule has 0 bridgehead atoms. The second-order valence-corrected chi connectivity index (χ2v) is 5.01. The molecule has 0 aromatic heterocycles. The molecule has 2 aromatic rings. The molecular weight excluding hydrogens is 320 g/mol. The van der Waals surface area contributed by atoms with Crippen LogP contribution in [0, 0.1) is 11.3 Å². The van der Waals surface area contributed by atoms with Crippen LogP contribution >= 0.6 is 15.9 Å². The summed E-state index contributed by atoms with van der Waals surface area (Å²) in [7, 11) is 1.83. The van der Waals surface area contributed by atoms with Crippen LogP contribution < -0.4 is 4.90 Å². The minimum absolute atomic E-state index is 0.211. The van der Waals surface area contributed by atoms with Gasteiger partial charge in [-0.25, -0.2) is 4.79 Å². The van der Waals surface area contributed by atoms with E-state index >= 15 is 0 Å². The van der Waals surface area contributed by atoms with E-state index < -0.39 is 5.97 Å². The molecular formula is C15H11BrN2O2. The normalized spacial score (nSPS) is 9.85. The maximum absolute atomic E-state index is 10.9. The van der Waals surface area contributed by atoms with Gasteiger partial charge in [0.1, 0.15) is 6.07 Å². The lowest BCUT2D eigenvalue weighted by atomic mass is 10.1. The van der Waals surface area contributed by atoms with E-state index in [4.69, 9.17) is 10.4 Å². The van der Waals surface area contributed by atoms with Crippen LogP contribution in [0.3, 0.4) is 0 Å². The molecule has 0 saturated carbocycles. The SMILES string of the molecule is CN(c1ccc(C(=O)O)cc1Br)c1ccccc1C#N. The number of hydrogen-bond acceptors (Lipinski definition) is 3. The van der Waals surface area contributed by atoms with Crippen molar-refractivity contribution in [2.75, 3.05) is 11.9 Å². The Morgan fingerprint density at radius 2 is 1.95 bits per heavy atom. The van der Waals surface area contributed by atoms with Gasteiger partial charge in [-0.3, -0.25) is 0 Å². The van der Waals surface area contributed by atoms with Crippen molar-refractivity contribution < 1.29 is 9.90 Å². The zero-order valence-electron chi connectivity index (χ0n) is 10.7. The number of nitrogens with zero attached hydrogens (tertiary/aromatic N) is 2. The monoisotopic (exact) mass is 330 g/mol. The third kappa shape index (κ3) is 2.65. The highest BCUT2D eigenvalue weighted by Crippen LogP contribution is 2.33. The molecule has 5 heteroatoms. The van der Waals surface area contributed by atoms with E-state index in [0.717, 1.165) is 11.4 Å². The highest BCUT2D eigenvalue weighted by atomic mass is 79.9. The van der Waals surface area contributed by atoms with Crippen LogP contribution in [0.25, 0.3) is 0 Å². The van der Waals surface area contributed by atoms with Crippen LogP contribution in [0.2, 0.25) is 0 Å². The Kier molecular flexibility index (Phi) is 4.06. The molecule has 0 amide bonds. The summed E-state index contributed by atoms with van der Waals surface area (Å²) >= 11 is 3.37. The molecule has 0 spiro atoms. The zero-order valence-corrected chi connectivity index (χ0v) is 12.3. The number of nitriles is 1. The number of anilines is 2. The van der Waals surface area contributed by atoms with Gasteiger partial charge >= 0.3 is 5.97 Å². The molecule has 0 heterocycles. The highest BCUT2D eigenvalue weighted by Gasteiger charge is 2.13. The topological polar surface area (TPSA) is 64.3 Å². The molecule has 0 aliphatic heterocycles. The number of hydrogen-bond donors (Lipinski definition) is 1. The number of rotatable bonds is 3. The van der Waals surface area contributed by atoms with E-state index in [-0.39, 0.29) is 5.56 Å². The summed E-state index contributed by atoms with van der Waals surface area (Å²) in [5.74, 6) is -0.975. The molecule has 20 heavy (non-hydrogen) atoms. The van der Waals surface area contributed by atoms with Crippen LogP contribution in [-0.2, 0) is 0 Å². The summed E-state index contributed by atoms with van der Waals surface area (Å²) < 4.78 is 0.660. The third-order valence-corrected chi connectivity index (χ3v) is 3.58. The van der Waals surface area contributed by atoms with Crippen LogP contribution in [0.1, 0.15) is 15.9 Å². The molecule has 1 N–H and O–H groups in total. The van der Waals surface area contributed by atoms with Gasteiger partial charge in [0.25, 0.3) is 0 Å². The lowest BCUT2D eigenvalue weighted by Crippen LogP contribution is -2.12. The molecule has 0 aliphatic rings. The molecule has 100 valence electrons. The van der Waals surface area contributed by atoms with E-state index in [1.54, 1.807) is 24.3 Å². The average molecular weight is 331 g/mol. The first kappa shape index (κ1) is 14.1. The Morgan fingerprint density at radius 3 is 2.55 bits per heavy atom. The molecule has 0 atom stereocenters. The van der Waals surface area contributed by atoms with Crippen molar-refractivity contribution in [1.82, 2.24) is 0 Å². The predicted octanol–water partition coefficient (Wildman–Crippen LogP) is 3.79. The lowest BCUT2D eigenvalue weighted by molar-refractivity contribution is 0.0697. The number of carbonyl (C=O) groups is 1. The summed E-state index contributed by atoms with van der Waals surface area (Å²) in [6.45, 7) is 0. The quantitative estimate of drug-likeness (QED) is 0.929. The Morgan fingerprint density at radius 1 is 1.25 bits per heavy atom. The van der Waals surface area contributed by atoms with Gasteiger partial charge in [0.05, 0.1) is 22.5 Å². The Bertz CT molecular complexity index is 707. The van der Waals surface area contributed by atoms with E-state index in [9.17, 15) is 4.79 Å². The first-order valence-electron chi connectivity index (χ1n) is 5.80. The van der Waals surface area contributed by atoms with Crippen molar-refractivity contribution in [1.29, 1.82) is 5.26 Å². The molecule has 0 radical (unpaired) electrons. The second-order valence-electron chi connectivity index (χ2n) is 4.16. The van der Waals surface area contributed by atoms with Crippen LogP contribution in [-0.4, -0.2) is 18.1 Å². The van der Waals surface area contributed by atoms with Gasteiger partial charge in [-0.1, -0.05) is 12.1 Å². The zero-order chi connectivity index (χ0) is 14.7. The van der Waals surface area contributed by atoms with Gasteiger partial charge < -0.3 is 10.0 Å². The molecule has 4 nitrogen and oxygen atoms in total. The van der Waals surface area contributed by atoms with Crippen molar-refractivity contribution in [3.8, 4) is 6.07 Å². The fraction of sp³-hybridized carbons (Fsp3) is 0.0667. The van der Waals surface area contributed by atoms with E-state index in [1.165, 1.54) is 6.07 Å². The van der Waals surface area contributed by atoms with E-state index in [2.05, 4.69) is 22.0 Å². The molecule has 0 saturated heterocycles. The van der Waals surface area contributed by atoms with Crippen molar-refractivity contribution >= 4 is 33.3 Å². The maximum atomic E-state index is 10.9. The van der Waals surface area contributed by atoms with Gasteiger partial charge in [-0.05, 0) is 46.3 Å². The molecule has 0 aliphatic carbocycles. The highest BCUT2D eigenvalue weighted by molar-refractivity contribution is 9.10. The fourth-order valence-electron chi connectivity index (χ4n) is 1.90. The van der Waals surface area contributed by atoms with Crippen molar-refractivity contribution in [3.05, 3.63) is 58.1 Å². The van der Waals surface area contributed by atoms with Crippen molar-refractivity contribution in [2.45, 2.75) is 0 Å². The predicted molar refractivity (Wildman–Crippen MR) is 80.3 cm³/mol. The summed E-state index contributed by atoms with van der Waals surface area (Å²) in [6, 6.07) is 14.2. The van der Waals surface area contributed by atoms with E-state index in [1.807, 2.05) is 24.1 Å². The minimum atomic E-state index is -0.975. The largest absolute Gasteiger partial charge is 0.478 e. The van der Waals surface area contributed by atoms with Crippen LogP contribution in [0.4, 0.5) is 11.4 Å². The number of para-hydroxylation sites is 1. The van der Waals surface area contributed by atoms with Gasteiger partial charge in [0.2, 0.25) is 0 Å². The molecule has 0 unspecified atom stereocenters. The average Bonchev–Trinajstić information content (AvgIpc) is 2.46. The molecule has 2 rings (SSSR count). The van der Waals surface area contributed by atoms with Crippen molar-refractivity contribution in [3.63, 3.8) is 0 Å². The van der Waals surface area contributed by atoms with Gasteiger partial charge in [0, 0.05) is 11.5 Å². The minimum Gasteiger partial charge on any atom is -0.478 e.